The first-order valence-electron chi connectivity index (χ1n) is 6.25. The van der Waals surface area contributed by atoms with Crippen molar-refractivity contribution in [1.29, 1.82) is 0 Å². The molecule has 0 radical (unpaired) electrons. The van der Waals surface area contributed by atoms with Gasteiger partial charge in [0.05, 0.1) is 11.6 Å². The van der Waals surface area contributed by atoms with Crippen molar-refractivity contribution in [3.63, 3.8) is 0 Å². The zero-order valence-electron chi connectivity index (χ0n) is 11.0. The highest BCUT2D eigenvalue weighted by Gasteiger charge is 2.10. The zero-order chi connectivity index (χ0) is 13.8. The van der Waals surface area contributed by atoms with E-state index in [9.17, 15) is 0 Å². The van der Waals surface area contributed by atoms with Gasteiger partial charge in [0.1, 0.15) is 5.82 Å². The fourth-order valence-corrected chi connectivity index (χ4v) is 2.39. The van der Waals surface area contributed by atoms with Crippen LogP contribution in [0.2, 0.25) is 5.02 Å². The van der Waals surface area contributed by atoms with Crippen molar-refractivity contribution in [2.45, 2.75) is 32.1 Å². The van der Waals surface area contributed by atoms with Crippen LogP contribution in [0.4, 0.5) is 0 Å². The second kappa shape index (κ2) is 6.36. The van der Waals surface area contributed by atoms with Crippen molar-refractivity contribution in [3.05, 3.63) is 58.1 Å². The summed E-state index contributed by atoms with van der Waals surface area (Å²) in [6.45, 7) is 4.23. The first-order chi connectivity index (χ1) is 9.10. The molecule has 0 saturated heterocycles. The molecule has 0 atom stereocenters. The van der Waals surface area contributed by atoms with Gasteiger partial charge in [-0.3, -0.25) is 0 Å². The molecule has 0 unspecified atom stereocenters. The van der Waals surface area contributed by atoms with Gasteiger partial charge in [-0.15, -0.1) is 11.6 Å². The van der Waals surface area contributed by atoms with Gasteiger partial charge in [-0.25, -0.2) is 9.97 Å². The summed E-state index contributed by atoms with van der Waals surface area (Å²) in [4.78, 5) is 9.01. The molecule has 0 fully saturated rings. The Morgan fingerprint density at radius 1 is 1.26 bits per heavy atom. The maximum Gasteiger partial charge on any atom is 0.132 e. The number of hydrogen-bond donors (Lipinski definition) is 0. The molecule has 0 spiro atoms. The predicted molar refractivity (Wildman–Crippen MR) is 79.9 cm³/mol. The fraction of sp³-hybridized carbons (Fsp3) is 0.333. The van der Waals surface area contributed by atoms with Gasteiger partial charge in [0.25, 0.3) is 0 Å². The van der Waals surface area contributed by atoms with Gasteiger partial charge in [-0.05, 0) is 23.6 Å². The van der Waals surface area contributed by atoms with Crippen molar-refractivity contribution in [2.75, 3.05) is 0 Å². The fourth-order valence-electron chi connectivity index (χ4n) is 1.98. The lowest BCUT2D eigenvalue weighted by atomic mass is 10.1. The van der Waals surface area contributed by atoms with Gasteiger partial charge < -0.3 is 0 Å². The molecule has 2 aromatic rings. The third-order valence-corrected chi connectivity index (χ3v) is 3.41. The average molecular weight is 295 g/mol. The standard InChI is InChI=1S/C15H16Cl2N2/c1-10(2)15-12(8-16)9-18-14(19-15)7-11-4-3-5-13(17)6-11/h3-6,9-10H,7-8H2,1-2H3. The molecule has 0 saturated carbocycles. The summed E-state index contributed by atoms with van der Waals surface area (Å²) in [5.74, 6) is 1.60. The summed E-state index contributed by atoms with van der Waals surface area (Å²) < 4.78 is 0. The van der Waals surface area contributed by atoms with Crippen LogP contribution >= 0.6 is 23.2 Å². The smallest absolute Gasteiger partial charge is 0.132 e. The Morgan fingerprint density at radius 2 is 2.05 bits per heavy atom. The lowest BCUT2D eigenvalue weighted by Crippen LogP contribution is -2.05. The van der Waals surface area contributed by atoms with E-state index in [1.165, 1.54) is 0 Å². The van der Waals surface area contributed by atoms with E-state index in [1.54, 1.807) is 0 Å². The monoisotopic (exact) mass is 294 g/mol. The molecule has 0 amide bonds. The molecule has 4 heteroatoms. The minimum absolute atomic E-state index is 0.342. The second-order valence-corrected chi connectivity index (χ2v) is 5.50. The van der Waals surface area contributed by atoms with Gasteiger partial charge in [0.15, 0.2) is 0 Å². The SMILES string of the molecule is CC(C)c1nc(Cc2cccc(Cl)c2)ncc1CCl. The number of aromatic nitrogens is 2. The Labute approximate surface area is 123 Å². The van der Waals surface area contributed by atoms with Crippen LogP contribution < -0.4 is 0 Å². The topological polar surface area (TPSA) is 25.8 Å². The van der Waals surface area contributed by atoms with Crippen molar-refractivity contribution < 1.29 is 0 Å². The van der Waals surface area contributed by atoms with Crippen LogP contribution in [0.25, 0.3) is 0 Å². The molecular weight excluding hydrogens is 279 g/mol. The molecule has 0 bridgehead atoms. The highest BCUT2D eigenvalue weighted by Crippen LogP contribution is 2.19. The molecule has 2 rings (SSSR count). The molecule has 1 heterocycles. The van der Waals surface area contributed by atoms with Gasteiger partial charge in [-0.1, -0.05) is 37.6 Å². The van der Waals surface area contributed by atoms with Crippen LogP contribution in [0.15, 0.2) is 30.5 Å². The van der Waals surface area contributed by atoms with Gasteiger partial charge >= 0.3 is 0 Å². The normalized spacial score (nSPS) is 11.0. The minimum atomic E-state index is 0.342. The minimum Gasteiger partial charge on any atom is -0.241 e. The van der Waals surface area contributed by atoms with Gasteiger partial charge in [0.2, 0.25) is 0 Å². The number of benzene rings is 1. The number of halogens is 2. The van der Waals surface area contributed by atoms with E-state index in [4.69, 9.17) is 23.2 Å². The quantitative estimate of drug-likeness (QED) is 0.771. The number of rotatable bonds is 4. The van der Waals surface area contributed by atoms with E-state index in [1.807, 2.05) is 30.5 Å². The highest BCUT2D eigenvalue weighted by atomic mass is 35.5. The lowest BCUT2D eigenvalue weighted by molar-refractivity contribution is 0.776. The molecule has 2 nitrogen and oxygen atoms in total. The summed E-state index contributed by atoms with van der Waals surface area (Å²) >= 11 is 11.9. The van der Waals surface area contributed by atoms with Crippen LogP contribution in [0.5, 0.6) is 0 Å². The summed E-state index contributed by atoms with van der Waals surface area (Å²) in [6, 6.07) is 7.77. The first kappa shape index (κ1) is 14.3. The molecule has 1 aromatic carbocycles. The van der Waals surface area contributed by atoms with E-state index in [0.29, 0.717) is 18.2 Å². The second-order valence-electron chi connectivity index (χ2n) is 4.79. The van der Waals surface area contributed by atoms with Crippen LogP contribution in [-0.2, 0) is 12.3 Å². The van der Waals surface area contributed by atoms with E-state index in [0.717, 1.165) is 27.7 Å². The molecular formula is C15H16Cl2N2. The number of nitrogens with zero attached hydrogens (tertiary/aromatic N) is 2. The molecule has 0 aliphatic heterocycles. The number of alkyl halides is 1. The molecule has 1 aromatic heterocycles. The predicted octanol–water partition coefficient (Wildman–Crippen LogP) is 4.58. The van der Waals surface area contributed by atoms with Crippen LogP contribution in [0.3, 0.4) is 0 Å². The van der Waals surface area contributed by atoms with Crippen molar-refractivity contribution >= 4 is 23.2 Å². The Kier molecular flexibility index (Phi) is 4.78. The van der Waals surface area contributed by atoms with E-state index < -0.39 is 0 Å². The van der Waals surface area contributed by atoms with E-state index >= 15 is 0 Å². The first-order valence-corrected chi connectivity index (χ1v) is 7.16. The molecule has 0 aliphatic carbocycles. The highest BCUT2D eigenvalue weighted by molar-refractivity contribution is 6.30. The summed E-state index contributed by atoms with van der Waals surface area (Å²) in [5.41, 5.74) is 3.15. The Bertz CT molecular complexity index is 568. The van der Waals surface area contributed by atoms with Crippen LogP contribution in [0, 0.1) is 0 Å². The Hall–Kier alpha value is -1.12. The van der Waals surface area contributed by atoms with Crippen molar-refractivity contribution in [1.82, 2.24) is 9.97 Å². The van der Waals surface area contributed by atoms with Crippen molar-refractivity contribution in [2.24, 2.45) is 0 Å². The number of hydrogen-bond acceptors (Lipinski definition) is 2. The summed E-state index contributed by atoms with van der Waals surface area (Å²) in [5, 5.41) is 0.735. The molecule has 0 N–H and O–H groups in total. The third-order valence-electron chi connectivity index (χ3n) is 2.89. The average Bonchev–Trinajstić information content (AvgIpc) is 2.38. The molecule has 0 aliphatic rings. The van der Waals surface area contributed by atoms with E-state index in [2.05, 4.69) is 23.8 Å². The molecule has 19 heavy (non-hydrogen) atoms. The third kappa shape index (κ3) is 3.68. The molecule has 100 valence electrons. The largest absolute Gasteiger partial charge is 0.241 e. The van der Waals surface area contributed by atoms with Crippen LogP contribution in [0.1, 0.15) is 42.4 Å². The maximum absolute atomic E-state index is 5.98. The summed E-state index contributed by atoms with van der Waals surface area (Å²) in [6.07, 6.45) is 2.51. The van der Waals surface area contributed by atoms with Crippen molar-refractivity contribution in [3.8, 4) is 0 Å². The van der Waals surface area contributed by atoms with Crippen LogP contribution in [-0.4, -0.2) is 9.97 Å². The lowest BCUT2D eigenvalue weighted by Gasteiger charge is -2.11. The van der Waals surface area contributed by atoms with Gasteiger partial charge in [-0.2, -0.15) is 0 Å². The van der Waals surface area contributed by atoms with Gasteiger partial charge in [0, 0.05) is 23.2 Å². The van der Waals surface area contributed by atoms with E-state index in [-0.39, 0.29) is 0 Å². The summed E-state index contributed by atoms with van der Waals surface area (Å²) in [7, 11) is 0. The Balaban J connectivity index is 2.28. The Morgan fingerprint density at radius 3 is 2.68 bits per heavy atom. The maximum atomic E-state index is 5.98. The zero-order valence-corrected chi connectivity index (χ0v) is 12.5.